The van der Waals surface area contributed by atoms with E-state index in [9.17, 15) is 14.7 Å². The van der Waals surface area contributed by atoms with E-state index in [2.05, 4.69) is 27.5 Å². The van der Waals surface area contributed by atoms with E-state index in [1.165, 1.54) is 0 Å². The van der Waals surface area contributed by atoms with Crippen molar-refractivity contribution in [3.63, 3.8) is 0 Å². The highest BCUT2D eigenvalue weighted by atomic mass is 16.5. The summed E-state index contributed by atoms with van der Waals surface area (Å²) >= 11 is 0. The summed E-state index contributed by atoms with van der Waals surface area (Å²) < 4.78 is 5.84. The number of ether oxygens (including phenoxy) is 1. The van der Waals surface area contributed by atoms with Crippen LogP contribution < -0.4 is 15.4 Å². The standard InChI is InChI=1S/C28H33N3O4/c1-19(2)35-25-15-14-20(10-6-5-7-13-26(32)29-4)16-23(25)27(33)31-28(3,34)17-21-18-30-24-12-9-8-11-22(21)24/h8-9,11-12,14-16,18-19,30,34H,5,7,13,17H2,1-4H3,(H,29,32)(H,31,33)/t28-/m1/s1. The topological polar surface area (TPSA) is 103 Å². The molecule has 35 heavy (non-hydrogen) atoms. The van der Waals surface area contributed by atoms with Gasteiger partial charge in [0.1, 0.15) is 11.5 Å². The van der Waals surface area contributed by atoms with Crippen LogP contribution in [0.4, 0.5) is 0 Å². The molecule has 0 aliphatic carbocycles. The zero-order valence-electron chi connectivity index (χ0n) is 20.7. The van der Waals surface area contributed by atoms with Crippen molar-refractivity contribution in [2.45, 2.75) is 58.3 Å². The molecule has 0 saturated carbocycles. The highest BCUT2D eigenvalue weighted by Crippen LogP contribution is 2.24. The predicted octanol–water partition coefficient (Wildman–Crippen LogP) is 3.90. The number of unbranched alkanes of at least 4 members (excludes halogenated alkanes) is 1. The number of rotatable bonds is 9. The minimum absolute atomic E-state index is 0.0133. The first-order valence-corrected chi connectivity index (χ1v) is 11.8. The summed E-state index contributed by atoms with van der Waals surface area (Å²) in [7, 11) is 1.61. The number of para-hydroxylation sites is 1. The number of aromatic amines is 1. The SMILES string of the molecule is CNC(=O)CCCC#Cc1ccc(OC(C)C)c(C(=O)N[C@](C)(O)Cc2c[nH]c3ccccc23)c1. The molecule has 0 aliphatic heterocycles. The van der Waals surface area contributed by atoms with Crippen LogP contribution in [-0.4, -0.2) is 40.8 Å². The molecule has 4 N–H and O–H groups in total. The number of carbonyl (C=O) groups excluding carboxylic acids is 2. The quantitative estimate of drug-likeness (QED) is 0.214. The highest BCUT2D eigenvalue weighted by Gasteiger charge is 2.27. The number of hydrogen-bond acceptors (Lipinski definition) is 4. The van der Waals surface area contributed by atoms with Crippen molar-refractivity contribution in [2.24, 2.45) is 0 Å². The second-order valence-corrected chi connectivity index (χ2v) is 8.97. The number of amides is 2. The Hall–Kier alpha value is -3.76. The normalized spacial score (nSPS) is 12.5. The Bertz CT molecular complexity index is 1250. The molecule has 2 aromatic carbocycles. The van der Waals surface area contributed by atoms with Crippen molar-refractivity contribution in [3.05, 3.63) is 65.4 Å². The minimum Gasteiger partial charge on any atom is -0.490 e. The van der Waals surface area contributed by atoms with Gasteiger partial charge in [-0.25, -0.2) is 0 Å². The van der Waals surface area contributed by atoms with Gasteiger partial charge >= 0.3 is 0 Å². The molecule has 3 rings (SSSR count). The maximum atomic E-state index is 13.2. The Morgan fingerprint density at radius 2 is 1.97 bits per heavy atom. The second kappa shape index (κ2) is 11.6. The zero-order valence-corrected chi connectivity index (χ0v) is 20.7. The van der Waals surface area contributed by atoms with Gasteiger partial charge in [-0.15, -0.1) is 0 Å². The van der Waals surface area contributed by atoms with E-state index >= 15 is 0 Å². The molecule has 0 spiro atoms. The first-order valence-electron chi connectivity index (χ1n) is 11.8. The van der Waals surface area contributed by atoms with E-state index in [0.717, 1.165) is 16.5 Å². The monoisotopic (exact) mass is 475 g/mol. The van der Waals surface area contributed by atoms with Crippen molar-refractivity contribution < 1.29 is 19.4 Å². The number of benzene rings is 2. The third kappa shape index (κ3) is 7.36. The Morgan fingerprint density at radius 3 is 2.71 bits per heavy atom. The second-order valence-electron chi connectivity index (χ2n) is 8.97. The number of fused-ring (bicyclic) bond motifs is 1. The van der Waals surface area contributed by atoms with Gasteiger partial charge in [0, 0.05) is 49.0 Å². The number of hydrogen-bond donors (Lipinski definition) is 4. The number of aliphatic hydroxyl groups is 1. The van der Waals surface area contributed by atoms with Gasteiger partial charge in [0.25, 0.3) is 5.91 Å². The third-order valence-electron chi connectivity index (χ3n) is 5.40. The Kier molecular flexibility index (Phi) is 8.56. The van der Waals surface area contributed by atoms with Crippen molar-refractivity contribution in [2.75, 3.05) is 7.05 Å². The predicted molar refractivity (Wildman–Crippen MR) is 137 cm³/mol. The van der Waals surface area contributed by atoms with E-state index in [1.54, 1.807) is 32.2 Å². The molecular weight excluding hydrogens is 442 g/mol. The van der Waals surface area contributed by atoms with E-state index in [0.29, 0.717) is 36.1 Å². The highest BCUT2D eigenvalue weighted by molar-refractivity contribution is 5.97. The van der Waals surface area contributed by atoms with E-state index < -0.39 is 11.6 Å². The molecular formula is C28H33N3O4. The lowest BCUT2D eigenvalue weighted by Crippen LogP contribution is -2.47. The summed E-state index contributed by atoms with van der Waals surface area (Å²) in [6.07, 6.45) is 3.59. The Morgan fingerprint density at radius 1 is 1.20 bits per heavy atom. The van der Waals surface area contributed by atoms with E-state index in [-0.39, 0.29) is 18.4 Å². The molecule has 0 bridgehead atoms. The average molecular weight is 476 g/mol. The lowest BCUT2D eigenvalue weighted by atomic mass is 10.0. The van der Waals surface area contributed by atoms with Gasteiger partial charge < -0.3 is 25.5 Å². The van der Waals surface area contributed by atoms with Gasteiger partial charge in [0.15, 0.2) is 0 Å². The largest absolute Gasteiger partial charge is 0.490 e. The molecule has 184 valence electrons. The fourth-order valence-electron chi connectivity index (χ4n) is 3.77. The summed E-state index contributed by atoms with van der Waals surface area (Å²) in [5.41, 5.74) is 1.34. The van der Waals surface area contributed by atoms with Crippen molar-refractivity contribution in [3.8, 4) is 17.6 Å². The fraction of sp³-hybridized carbons (Fsp3) is 0.357. The van der Waals surface area contributed by atoms with Gasteiger partial charge in [-0.05, 0) is 57.0 Å². The Labute approximate surface area is 206 Å². The molecule has 7 nitrogen and oxygen atoms in total. The summed E-state index contributed by atoms with van der Waals surface area (Å²) in [5.74, 6) is 6.05. The summed E-state index contributed by atoms with van der Waals surface area (Å²) in [5, 5.41) is 17.4. The van der Waals surface area contributed by atoms with Crippen LogP contribution >= 0.6 is 0 Å². The molecule has 0 aliphatic rings. The zero-order chi connectivity index (χ0) is 25.4. The van der Waals surface area contributed by atoms with Gasteiger partial charge in [-0.1, -0.05) is 30.0 Å². The van der Waals surface area contributed by atoms with Crippen LogP contribution in [0.25, 0.3) is 10.9 Å². The molecule has 1 aromatic heterocycles. The smallest absolute Gasteiger partial charge is 0.257 e. The van der Waals surface area contributed by atoms with Gasteiger partial charge in [-0.2, -0.15) is 0 Å². The molecule has 0 fully saturated rings. The van der Waals surface area contributed by atoms with Gasteiger partial charge in [-0.3, -0.25) is 9.59 Å². The molecule has 7 heteroatoms. The molecule has 1 heterocycles. The van der Waals surface area contributed by atoms with Crippen molar-refractivity contribution >= 4 is 22.7 Å². The maximum absolute atomic E-state index is 13.2. The number of H-pyrrole nitrogens is 1. The minimum atomic E-state index is -1.49. The van der Waals surface area contributed by atoms with Crippen molar-refractivity contribution in [1.29, 1.82) is 0 Å². The van der Waals surface area contributed by atoms with Crippen LogP contribution in [0.3, 0.4) is 0 Å². The summed E-state index contributed by atoms with van der Waals surface area (Å²) in [4.78, 5) is 27.8. The first kappa shape index (κ1) is 25.9. The number of carbonyl (C=O) groups is 2. The van der Waals surface area contributed by atoms with Crippen LogP contribution in [0.2, 0.25) is 0 Å². The van der Waals surface area contributed by atoms with Crippen LogP contribution in [0.5, 0.6) is 5.75 Å². The Balaban J connectivity index is 1.76. The van der Waals surface area contributed by atoms with Gasteiger partial charge in [0.05, 0.1) is 11.7 Å². The molecule has 0 saturated heterocycles. The van der Waals surface area contributed by atoms with E-state index in [1.807, 2.05) is 44.3 Å². The lowest BCUT2D eigenvalue weighted by Gasteiger charge is -2.25. The maximum Gasteiger partial charge on any atom is 0.257 e. The van der Waals surface area contributed by atoms with Crippen molar-refractivity contribution in [1.82, 2.24) is 15.6 Å². The summed E-state index contributed by atoms with van der Waals surface area (Å²) in [6.45, 7) is 5.34. The molecule has 0 unspecified atom stereocenters. The molecule has 2 amide bonds. The van der Waals surface area contributed by atoms with Gasteiger partial charge in [0.2, 0.25) is 5.91 Å². The fourth-order valence-corrected chi connectivity index (χ4v) is 3.77. The third-order valence-corrected chi connectivity index (χ3v) is 5.40. The van der Waals surface area contributed by atoms with Crippen LogP contribution in [-0.2, 0) is 11.2 Å². The molecule has 0 radical (unpaired) electrons. The number of aromatic nitrogens is 1. The lowest BCUT2D eigenvalue weighted by molar-refractivity contribution is -0.120. The van der Waals surface area contributed by atoms with Crippen LogP contribution in [0.1, 0.15) is 61.5 Å². The molecule has 3 aromatic rings. The summed E-state index contributed by atoms with van der Waals surface area (Å²) in [6, 6.07) is 13.0. The van der Waals surface area contributed by atoms with Crippen LogP contribution in [0, 0.1) is 11.8 Å². The average Bonchev–Trinajstić information content (AvgIpc) is 3.20. The van der Waals surface area contributed by atoms with E-state index in [4.69, 9.17) is 4.74 Å². The first-order chi connectivity index (χ1) is 16.7. The van der Waals surface area contributed by atoms with Crippen LogP contribution in [0.15, 0.2) is 48.7 Å². The number of nitrogens with one attached hydrogen (secondary N) is 3. The molecule has 1 atom stereocenters.